The summed E-state index contributed by atoms with van der Waals surface area (Å²) in [5.74, 6) is 1.10. The van der Waals surface area contributed by atoms with Crippen LogP contribution in [0.2, 0.25) is 0 Å². The van der Waals surface area contributed by atoms with E-state index in [0.29, 0.717) is 5.41 Å². The second-order valence-corrected chi connectivity index (χ2v) is 6.83. The summed E-state index contributed by atoms with van der Waals surface area (Å²) in [4.78, 5) is 16.2. The fraction of sp³-hybridized carbons (Fsp3) is 0.706. The maximum Gasteiger partial charge on any atom is 0.248 e. The van der Waals surface area contributed by atoms with Gasteiger partial charge in [-0.2, -0.15) is 5.10 Å². The summed E-state index contributed by atoms with van der Waals surface area (Å²) < 4.78 is 4.95. The van der Waals surface area contributed by atoms with Gasteiger partial charge in [0, 0.05) is 33.3 Å². The Hall–Kier alpha value is -1.69. The molecule has 23 heavy (non-hydrogen) atoms. The number of amides is 1. The number of likely N-dealkylation sites (tertiary alicyclic amines) is 1. The minimum atomic E-state index is 0.120. The average molecular weight is 318 g/mol. The van der Waals surface area contributed by atoms with Crippen LogP contribution in [0.1, 0.15) is 31.4 Å². The number of piperidine rings is 2. The lowest BCUT2D eigenvalue weighted by Crippen LogP contribution is -2.49. The molecule has 0 N–H and O–H groups in total. The van der Waals surface area contributed by atoms with Gasteiger partial charge in [0.1, 0.15) is 6.61 Å². The molecule has 3 heterocycles. The van der Waals surface area contributed by atoms with Gasteiger partial charge in [0.05, 0.1) is 5.69 Å². The van der Waals surface area contributed by atoms with Crippen LogP contribution in [0.3, 0.4) is 0 Å². The number of ether oxygens (including phenoxy) is 1. The zero-order valence-corrected chi connectivity index (χ0v) is 14.1. The van der Waals surface area contributed by atoms with E-state index in [1.54, 1.807) is 7.11 Å². The van der Waals surface area contributed by atoms with E-state index >= 15 is 0 Å². The Morgan fingerprint density at radius 2 is 1.78 bits per heavy atom. The zero-order chi connectivity index (χ0) is 16.3. The highest BCUT2D eigenvalue weighted by Gasteiger charge is 2.38. The highest BCUT2D eigenvalue weighted by Crippen LogP contribution is 2.41. The normalized spacial score (nSPS) is 20.8. The molecule has 1 aromatic heterocycles. The molecule has 2 aliphatic rings. The molecule has 2 fully saturated rings. The Morgan fingerprint density at radius 3 is 2.35 bits per heavy atom. The highest BCUT2D eigenvalue weighted by molar-refractivity contribution is 5.77. The van der Waals surface area contributed by atoms with Crippen LogP contribution in [0.5, 0.6) is 0 Å². The lowest BCUT2D eigenvalue weighted by molar-refractivity contribution is -0.137. The summed E-state index contributed by atoms with van der Waals surface area (Å²) >= 11 is 0. The van der Waals surface area contributed by atoms with E-state index in [-0.39, 0.29) is 12.5 Å². The fourth-order valence-corrected chi connectivity index (χ4v) is 3.72. The number of carbonyl (C=O) groups is 1. The van der Waals surface area contributed by atoms with Crippen molar-refractivity contribution >= 4 is 11.7 Å². The summed E-state index contributed by atoms with van der Waals surface area (Å²) in [6.45, 7) is 5.96. The molecule has 6 heteroatoms. The van der Waals surface area contributed by atoms with Crippen LogP contribution in [-0.2, 0) is 9.53 Å². The topological polar surface area (TPSA) is 58.6 Å². The predicted octanol–water partition coefficient (Wildman–Crippen LogP) is 1.64. The molecule has 0 saturated carbocycles. The number of nitrogens with zero attached hydrogens (tertiary/aromatic N) is 4. The van der Waals surface area contributed by atoms with Gasteiger partial charge in [0.25, 0.3) is 0 Å². The first-order chi connectivity index (χ1) is 11.1. The number of anilines is 1. The van der Waals surface area contributed by atoms with E-state index in [1.807, 2.05) is 17.9 Å². The molecule has 0 atom stereocenters. The molecule has 1 aromatic rings. The Kier molecular flexibility index (Phi) is 4.80. The molecule has 2 saturated heterocycles. The van der Waals surface area contributed by atoms with Crippen LogP contribution in [-0.4, -0.2) is 60.9 Å². The van der Waals surface area contributed by atoms with Crippen molar-refractivity contribution in [2.24, 2.45) is 5.41 Å². The van der Waals surface area contributed by atoms with Gasteiger partial charge in [0.2, 0.25) is 5.91 Å². The van der Waals surface area contributed by atoms with Gasteiger partial charge < -0.3 is 14.5 Å². The Balaban J connectivity index is 1.53. The molecule has 3 rings (SSSR count). The van der Waals surface area contributed by atoms with E-state index in [4.69, 9.17) is 4.74 Å². The van der Waals surface area contributed by atoms with E-state index in [0.717, 1.165) is 50.5 Å². The number of aromatic nitrogens is 2. The SMILES string of the molecule is COCC(=O)N1CCC2(CC1)CCN(c1ccc(C)nn1)CC2. The maximum atomic E-state index is 11.9. The van der Waals surface area contributed by atoms with Gasteiger partial charge in [-0.3, -0.25) is 4.79 Å². The summed E-state index contributed by atoms with van der Waals surface area (Å²) in [7, 11) is 1.58. The molecule has 0 aromatic carbocycles. The molecule has 126 valence electrons. The Bertz CT molecular complexity index is 528. The molecule has 2 aliphatic heterocycles. The number of hydrogen-bond acceptors (Lipinski definition) is 5. The third-order valence-electron chi connectivity index (χ3n) is 5.38. The predicted molar refractivity (Wildman–Crippen MR) is 88.3 cm³/mol. The molecule has 0 aliphatic carbocycles. The Morgan fingerprint density at radius 1 is 1.13 bits per heavy atom. The molecule has 0 unspecified atom stereocenters. The third-order valence-corrected chi connectivity index (χ3v) is 5.38. The van der Waals surface area contributed by atoms with Crippen LogP contribution >= 0.6 is 0 Å². The molecule has 0 radical (unpaired) electrons. The van der Waals surface area contributed by atoms with Crippen LogP contribution in [0.4, 0.5) is 5.82 Å². The second-order valence-electron chi connectivity index (χ2n) is 6.83. The van der Waals surface area contributed by atoms with Crippen molar-refractivity contribution in [2.45, 2.75) is 32.6 Å². The van der Waals surface area contributed by atoms with Crippen LogP contribution < -0.4 is 4.90 Å². The van der Waals surface area contributed by atoms with Crippen LogP contribution in [0.25, 0.3) is 0 Å². The van der Waals surface area contributed by atoms with Gasteiger partial charge >= 0.3 is 0 Å². The lowest BCUT2D eigenvalue weighted by Gasteiger charge is -2.47. The quantitative estimate of drug-likeness (QED) is 0.848. The van der Waals surface area contributed by atoms with E-state index < -0.39 is 0 Å². The van der Waals surface area contributed by atoms with Crippen molar-refractivity contribution in [1.29, 1.82) is 0 Å². The van der Waals surface area contributed by atoms with E-state index in [1.165, 1.54) is 12.8 Å². The van der Waals surface area contributed by atoms with Gasteiger partial charge in [-0.15, -0.1) is 5.10 Å². The Labute approximate surface area is 137 Å². The first kappa shape index (κ1) is 16.2. The van der Waals surface area contributed by atoms with Crippen molar-refractivity contribution in [3.8, 4) is 0 Å². The van der Waals surface area contributed by atoms with E-state index in [9.17, 15) is 4.79 Å². The van der Waals surface area contributed by atoms with Crippen LogP contribution in [0.15, 0.2) is 12.1 Å². The zero-order valence-electron chi connectivity index (χ0n) is 14.1. The monoisotopic (exact) mass is 318 g/mol. The van der Waals surface area contributed by atoms with Crippen molar-refractivity contribution in [2.75, 3.05) is 44.8 Å². The number of aryl methyl sites for hydroxylation is 1. The molecule has 0 bridgehead atoms. The fourth-order valence-electron chi connectivity index (χ4n) is 3.72. The van der Waals surface area contributed by atoms with Gasteiger partial charge in [-0.05, 0) is 50.2 Å². The molecule has 1 spiro atoms. The molecule has 6 nitrogen and oxygen atoms in total. The third kappa shape index (κ3) is 3.63. The number of rotatable bonds is 3. The molecule has 1 amide bonds. The van der Waals surface area contributed by atoms with Gasteiger partial charge in [-0.25, -0.2) is 0 Å². The number of hydrogen-bond donors (Lipinski definition) is 0. The van der Waals surface area contributed by atoms with Crippen LogP contribution in [0, 0.1) is 12.3 Å². The minimum Gasteiger partial charge on any atom is -0.375 e. The maximum absolute atomic E-state index is 11.9. The molecular weight excluding hydrogens is 292 g/mol. The smallest absolute Gasteiger partial charge is 0.248 e. The molecular formula is C17H26N4O2. The van der Waals surface area contributed by atoms with Crippen molar-refractivity contribution in [1.82, 2.24) is 15.1 Å². The summed E-state index contributed by atoms with van der Waals surface area (Å²) in [5.41, 5.74) is 1.36. The largest absolute Gasteiger partial charge is 0.375 e. The summed E-state index contributed by atoms with van der Waals surface area (Å²) in [6.07, 6.45) is 4.56. The second kappa shape index (κ2) is 6.83. The average Bonchev–Trinajstić information content (AvgIpc) is 2.57. The first-order valence-electron chi connectivity index (χ1n) is 8.44. The number of carbonyl (C=O) groups excluding carboxylic acids is 1. The summed E-state index contributed by atoms with van der Waals surface area (Å²) in [5, 5.41) is 8.46. The summed E-state index contributed by atoms with van der Waals surface area (Å²) in [6, 6.07) is 4.08. The lowest BCUT2D eigenvalue weighted by atomic mass is 9.71. The highest BCUT2D eigenvalue weighted by atomic mass is 16.5. The van der Waals surface area contributed by atoms with Crippen molar-refractivity contribution < 1.29 is 9.53 Å². The number of methoxy groups -OCH3 is 1. The van der Waals surface area contributed by atoms with Gasteiger partial charge in [0.15, 0.2) is 5.82 Å². The van der Waals surface area contributed by atoms with E-state index in [2.05, 4.69) is 21.2 Å². The van der Waals surface area contributed by atoms with Crippen molar-refractivity contribution in [3.63, 3.8) is 0 Å². The first-order valence-corrected chi connectivity index (χ1v) is 8.44. The van der Waals surface area contributed by atoms with Crippen molar-refractivity contribution in [3.05, 3.63) is 17.8 Å². The van der Waals surface area contributed by atoms with Gasteiger partial charge in [-0.1, -0.05) is 0 Å². The minimum absolute atomic E-state index is 0.120. The standard InChI is InChI=1S/C17H26N4O2/c1-14-3-4-15(19-18-14)20-9-5-17(6-10-20)7-11-21(12-8-17)16(22)13-23-2/h3-4H,5-13H2,1-2H3.